The Balaban J connectivity index is 1.58. The minimum Gasteiger partial charge on any atom is -0.507 e. The number of nitrogens with zero attached hydrogens (tertiary/aromatic N) is 2. The maximum atomic E-state index is 12.2. The van der Waals surface area contributed by atoms with Crippen LogP contribution >= 0.6 is 0 Å². The zero-order valence-electron chi connectivity index (χ0n) is 16.1. The highest BCUT2D eigenvalue weighted by Gasteiger charge is 2.14. The minimum absolute atomic E-state index is 0.106. The molecule has 0 saturated heterocycles. The summed E-state index contributed by atoms with van der Waals surface area (Å²) in [6.45, 7) is 1.57. The molecule has 0 aromatic heterocycles. The summed E-state index contributed by atoms with van der Waals surface area (Å²) in [7, 11) is 0. The Morgan fingerprint density at radius 3 is 2.43 bits per heavy atom. The van der Waals surface area contributed by atoms with Crippen LogP contribution < -0.4 is 10.2 Å². The van der Waals surface area contributed by atoms with E-state index < -0.39 is 16.9 Å². The van der Waals surface area contributed by atoms with Crippen LogP contribution in [0.1, 0.15) is 12.5 Å². The van der Waals surface area contributed by atoms with Gasteiger partial charge in [-0.2, -0.15) is 5.10 Å². The monoisotopic (exact) mass is 405 g/mol. The Morgan fingerprint density at radius 1 is 1.10 bits per heavy atom. The van der Waals surface area contributed by atoms with E-state index >= 15 is 0 Å². The van der Waals surface area contributed by atoms with E-state index in [9.17, 15) is 20.0 Å². The summed E-state index contributed by atoms with van der Waals surface area (Å²) in [6, 6.07) is 20.7. The molecule has 1 amide bonds. The molecule has 30 heavy (non-hydrogen) atoms. The van der Waals surface area contributed by atoms with Crippen LogP contribution in [0.2, 0.25) is 0 Å². The third-order valence-electron chi connectivity index (χ3n) is 4.24. The van der Waals surface area contributed by atoms with E-state index in [0.29, 0.717) is 5.75 Å². The SMILES string of the molecule is CC(Oc1ccc(-c2ccccc2)cc1)C(=O)NN=Cc1cc([N+](=O)[O-])ccc1O. The van der Waals surface area contributed by atoms with Crippen LogP contribution in [0.5, 0.6) is 11.5 Å². The fourth-order valence-corrected chi connectivity index (χ4v) is 2.63. The highest BCUT2D eigenvalue weighted by atomic mass is 16.6. The quantitative estimate of drug-likeness (QED) is 0.352. The molecule has 3 aromatic rings. The van der Waals surface area contributed by atoms with Gasteiger partial charge in [0, 0.05) is 17.7 Å². The Kier molecular flexibility index (Phi) is 6.39. The number of ether oxygens (including phenoxy) is 1. The lowest BCUT2D eigenvalue weighted by Gasteiger charge is -2.13. The van der Waals surface area contributed by atoms with Crippen molar-refractivity contribution in [2.75, 3.05) is 0 Å². The van der Waals surface area contributed by atoms with Gasteiger partial charge in [0.1, 0.15) is 11.5 Å². The lowest BCUT2D eigenvalue weighted by atomic mass is 10.1. The molecule has 8 nitrogen and oxygen atoms in total. The van der Waals surface area contributed by atoms with Gasteiger partial charge < -0.3 is 9.84 Å². The molecule has 3 rings (SSSR count). The molecule has 3 aromatic carbocycles. The molecule has 0 radical (unpaired) electrons. The first-order valence-electron chi connectivity index (χ1n) is 9.06. The van der Waals surface area contributed by atoms with Crippen LogP contribution in [0.4, 0.5) is 5.69 Å². The van der Waals surface area contributed by atoms with Crippen molar-refractivity contribution in [2.24, 2.45) is 5.10 Å². The summed E-state index contributed by atoms with van der Waals surface area (Å²) in [5, 5.41) is 24.3. The third kappa shape index (κ3) is 5.20. The fourth-order valence-electron chi connectivity index (χ4n) is 2.63. The molecule has 0 saturated carbocycles. The van der Waals surface area contributed by atoms with Crippen LogP contribution in [0.25, 0.3) is 11.1 Å². The van der Waals surface area contributed by atoms with Crippen molar-refractivity contribution in [3.05, 3.63) is 88.5 Å². The smallest absolute Gasteiger partial charge is 0.280 e. The number of nitrogens with one attached hydrogen (secondary N) is 1. The summed E-state index contributed by atoms with van der Waals surface area (Å²) < 4.78 is 5.62. The van der Waals surface area contributed by atoms with Crippen molar-refractivity contribution in [3.63, 3.8) is 0 Å². The van der Waals surface area contributed by atoms with Crippen LogP contribution in [0, 0.1) is 10.1 Å². The molecular weight excluding hydrogens is 386 g/mol. The maximum Gasteiger partial charge on any atom is 0.280 e. The molecule has 0 heterocycles. The van der Waals surface area contributed by atoms with Crippen LogP contribution in [-0.2, 0) is 4.79 Å². The van der Waals surface area contributed by atoms with E-state index in [0.717, 1.165) is 23.4 Å². The molecule has 2 N–H and O–H groups in total. The van der Waals surface area contributed by atoms with E-state index in [1.165, 1.54) is 12.1 Å². The first kappa shape index (κ1) is 20.5. The topological polar surface area (TPSA) is 114 Å². The summed E-state index contributed by atoms with van der Waals surface area (Å²) in [4.78, 5) is 22.4. The molecule has 1 unspecified atom stereocenters. The Morgan fingerprint density at radius 2 is 1.77 bits per heavy atom. The van der Waals surface area contributed by atoms with E-state index in [4.69, 9.17) is 4.74 Å². The van der Waals surface area contributed by atoms with Gasteiger partial charge in [-0.05, 0) is 36.2 Å². The number of aromatic hydroxyl groups is 1. The maximum absolute atomic E-state index is 12.2. The van der Waals surface area contributed by atoms with E-state index in [-0.39, 0.29) is 17.0 Å². The molecule has 1 atom stereocenters. The van der Waals surface area contributed by atoms with Crippen LogP contribution in [0.3, 0.4) is 0 Å². The molecule has 152 valence electrons. The zero-order valence-corrected chi connectivity index (χ0v) is 16.1. The normalized spacial score (nSPS) is 11.8. The van der Waals surface area contributed by atoms with Gasteiger partial charge in [-0.1, -0.05) is 42.5 Å². The zero-order chi connectivity index (χ0) is 21.5. The number of carbonyl (C=O) groups is 1. The number of hydrogen-bond acceptors (Lipinski definition) is 6. The number of hydrazone groups is 1. The van der Waals surface area contributed by atoms with Crippen molar-refractivity contribution in [1.82, 2.24) is 5.43 Å². The average Bonchev–Trinajstić information content (AvgIpc) is 2.76. The van der Waals surface area contributed by atoms with E-state index in [1.54, 1.807) is 19.1 Å². The second kappa shape index (κ2) is 9.33. The number of non-ortho nitro benzene ring substituents is 1. The second-order valence-corrected chi connectivity index (χ2v) is 6.38. The summed E-state index contributed by atoms with van der Waals surface area (Å²) in [5.41, 5.74) is 4.30. The van der Waals surface area contributed by atoms with E-state index in [1.807, 2.05) is 42.5 Å². The number of rotatable bonds is 7. The summed E-state index contributed by atoms with van der Waals surface area (Å²) >= 11 is 0. The number of nitro groups is 1. The Labute approximate surface area is 172 Å². The predicted octanol–water partition coefficient (Wildman–Crippen LogP) is 3.89. The number of phenolic OH excluding ortho intramolecular Hbond substituents is 1. The Hall–Kier alpha value is -4.20. The van der Waals surface area contributed by atoms with Gasteiger partial charge in [-0.15, -0.1) is 0 Å². The molecule has 8 heteroatoms. The third-order valence-corrected chi connectivity index (χ3v) is 4.24. The fraction of sp³-hybridized carbons (Fsp3) is 0.0909. The minimum atomic E-state index is -0.830. The number of hydrogen-bond donors (Lipinski definition) is 2. The average molecular weight is 405 g/mol. The van der Waals surface area contributed by atoms with Crippen molar-refractivity contribution in [3.8, 4) is 22.6 Å². The van der Waals surface area contributed by atoms with Crippen molar-refractivity contribution < 1.29 is 19.6 Å². The Bertz CT molecular complexity index is 1070. The lowest BCUT2D eigenvalue weighted by molar-refractivity contribution is -0.384. The number of phenols is 1. The van der Waals surface area contributed by atoms with Crippen LogP contribution in [0.15, 0.2) is 77.9 Å². The van der Waals surface area contributed by atoms with Crippen molar-refractivity contribution in [1.29, 1.82) is 0 Å². The molecule has 0 spiro atoms. The van der Waals surface area contributed by atoms with Gasteiger partial charge in [-0.3, -0.25) is 14.9 Å². The molecule has 0 aliphatic carbocycles. The second-order valence-electron chi connectivity index (χ2n) is 6.38. The number of carbonyl (C=O) groups excluding carboxylic acids is 1. The largest absolute Gasteiger partial charge is 0.507 e. The number of amides is 1. The molecular formula is C22H19N3O5. The summed E-state index contributed by atoms with van der Waals surface area (Å²) in [5.74, 6) is -0.178. The summed E-state index contributed by atoms with van der Waals surface area (Å²) in [6.07, 6.45) is 0.296. The van der Waals surface area contributed by atoms with E-state index in [2.05, 4.69) is 10.5 Å². The molecule has 0 bridgehead atoms. The van der Waals surface area contributed by atoms with Crippen LogP contribution in [-0.4, -0.2) is 28.3 Å². The van der Waals surface area contributed by atoms with Crippen molar-refractivity contribution >= 4 is 17.8 Å². The highest BCUT2D eigenvalue weighted by Crippen LogP contribution is 2.23. The standard InChI is InChI=1S/C22H19N3O5/c1-15(30-20-10-7-17(8-11-20)16-5-3-2-4-6-16)22(27)24-23-14-18-13-19(25(28)29)9-12-21(18)26/h2-15,26H,1H3,(H,24,27). The molecule has 0 fully saturated rings. The first-order valence-corrected chi connectivity index (χ1v) is 9.06. The van der Waals surface area contributed by atoms with Gasteiger partial charge in [0.15, 0.2) is 6.10 Å². The van der Waals surface area contributed by atoms with Gasteiger partial charge >= 0.3 is 0 Å². The van der Waals surface area contributed by atoms with Gasteiger partial charge in [0.05, 0.1) is 11.1 Å². The molecule has 0 aliphatic heterocycles. The van der Waals surface area contributed by atoms with Gasteiger partial charge in [0.2, 0.25) is 0 Å². The van der Waals surface area contributed by atoms with Gasteiger partial charge in [-0.25, -0.2) is 5.43 Å². The highest BCUT2D eigenvalue weighted by molar-refractivity contribution is 5.87. The lowest BCUT2D eigenvalue weighted by Crippen LogP contribution is -2.33. The number of benzene rings is 3. The molecule has 0 aliphatic rings. The van der Waals surface area contributed by atoms with Crippen molar-refractivity contribution in [2.45, 2.75) is 13.0 Å². The van der Waals surface area contributed by atoms with Gasteiger partial charge in [0.25, 0.3) is 11.6 Å². The number of nitro benzene ring substituents is 1. The predicted molar refractivity (Wildman–Crippen MR) is 112 cm³/mol. The first-order chi connectivity index (χ1) is 14.4.